The van der Waals surface area contributed by atoms with Gasteiger partial charge in [0.15, 0.2) is 5.65 Å². The lowest BCUT2D eigenvalue weighted by atomic mass is 10.0. The number of nitrogens with one attached hydrogen (secondary N) is 1. The molecule has 0 bridgehead atoms. The standard InChI is InChI=1S/C32H35FN6O4S/c1-31(2,3)43-30(41)36-22-8-7-11-38(17-22)29(40)26-14-23(19-9-10-25(34-6)24(33)13-19)27(44-26)20-12-21-16-39(18-32(4,5)42)37-28(21)35-15-20/h9-10,12-16,22,42H,7-8,11,17-18H2,1-5H3,(H,36,41)/t22-/m1/s1. The van der Waals surface area contributed by atoms with E-state index in [9.17, 15) is 19.1 Å². The van der Waals surface area contributed by atoms with Crippen molar-refractivity contribution in [2.75, 3.05) is 13.1 Å². The molecule has 2 amide bonds. The summed E-state index contributed by atoms with van der Waals surface area (Å²) in [6.07, 6.45) is 4.40. The first-order valence-electron chi connectivity index (χ1n) is 14.3. The summed E-state index contributed by atoms with van der Waals surface area (Å²) in [5, 5.41) is 18.3. The number of carbonyl (C=O) groups excluding carboxylic acids is 2. The molecule has 5 rings (SSSR count). The van der Waals surface area contributed by atoms with Crippen LogP contribution in [-0.2, 0) is 11.3 Å². The number of pyridine rings is 1. The first-order chi connectivity index (χ1) is 20.7. The second-order valence-corrected chi connectivity index (χ2v) is 13.7. The van der Waals surface area contributed by atoms with Crippen LogP contribution in [0.1, 0.15) is 57.1 Å². The Morgan fingerprint density at radius 3 is 2.66 bits per heavy atom. The Kier molecular flexibility index (Phi) is 8.46. The van der Waals surface area contributed by atoms with Crippen LogP contribution in [0, 0.1) is 12.4 Å². The Morgan fingerprint density at radius 1 is 1.20 bits per heavy atom. The van der Waals surface area contributed by atoms with E-state index >= 15 is 0 Å². The van der Waals surface area contributed by atoms with Gasteiger partial charge in [-0.3, -0.25) is 9.48 Å². The smallest absolute Gasteiger partial charge is 0.407 e. The number of nitrogens with zero attached hydrogens (tertiary/aromatic N) is 5. The number of benzene rings is 1. The topological polar surface area (TPSA) is 114 Å². The number of aliphatic hydroxyl groups is 1. The molecular weight excluding hydrogens is 583 g/mol. The number of piperidine rings is 1. The van der Waals surface area contributed by atoms with E-state index in [1.54, 1.807) is 68.7 Å². The summed E-state index contributed by atoms with van der Waals surface area (Å²) < 4.78 is 21.8. The van der Waals surface area contributed by atoms with Crippen molar-refractivity contribution in [2.45, 2.75) is 71.2 Å². The fourth-order valence-electron chi connectivity index (χ4n) is 5.17. The number of rotatable bonds is 6. The molecule has 10 nitrogen and oxygen atoms in total. The molecule has 1 saturated heterocycles. The van der Waals surface area contributed by atoms with Crippen LogP contribution in [0.2, 0.25) is 0 Å². The molecule has 1 aliphatic heterocycles. The number of thiophene rings is 1. The minimum absolute atomic E-state index is 0.0824. The molecule has 0 unspecified atom stereocenters. The molecule has 1 aliphatic rings. The Hall–Kier alpha value is -4.34. The summed E-state index contributed by atoms with van der Waals surface area (Å²) in [6.45, 7) is 17.2. The number of halogens is 1. The summed E-state index contributed by atoms with van der Waals surface area (Å²) in [5.41, 5.74) is 0.727. The van der Waals surface area contributed by atoms with E-state index in [-0.39, 0.29) is 24.2 Å². The van der Waals surface area contributed by atoms with Crippen molar-refractivity contribution in [3.63, 3.8) is 0 Å². The second kappa shape index (κ2) is 12.0. The zero-order valence-corrected chi connectivity index (χ0v) is 26.2. The monoisotopic (exact) mass is 618 g/mol. The van der Waals surface area contributed by atoms with Crippen molar-refractivity contribution in [2.24, 2.45) is 0 Å². The van der Waals surface area contributed by atoms with E-state index in [0.717, 1.165) is 23.8 Å². The van der Waals surface area contributed by atoms with Gasteiger partial charge in [-0.25, -0.2) is 19.0 Å². The van der Waals surface area contributed by atoms with Crippen molar-refractivity contribution in [1.29, 1.82) is 0 Å². The average molecular weight is 619 g/mol. The molecule has 3 aromatic heterocycles. The van der Waals surface area contributed by atoms with Gasteiger partial charge >= 0.3 is 6.09 Å². The molecule has 4 aromatic rings. The van der Waals surface area contributed by atoms with Crippen molar-refractivity contribution >= 4 is 40.1 Å². The van der Waals surface area contributed by atoms with Crippen molar-refractivity contribution in [3.05, 3.63) is 64.8 Å². The largest absolute Gasteiger partial charge is 0.444 e. The summed E-state index contributed by atoms with van der Waals surface area (Å²) in [7, 11) is 0. The quantitative estimate of drug-likeness (QED) is 0.241. The number of amides is 2. The van der Waals surface area contributed by atoms with Gasteiger partial charge < -0.3 is 20.1 Å². The lowest BCUT2D eigenvalue weighted by Crippen LogP contribution is -2.50. The maximum atomic E-state index is 14.7. The number of ether oxygens (including phenoxy) is 1. The molecule has 0 radical (unpaired) electrons. The van der Waals surface area contributed by atoms with Crippen LogP contribution in [-0.4, -0.2) is 67.1 Å². The van der Waals surface area contributed by atoms with E-state index in [1.807, 2.05) is 6.07 Å². The third-order valence-corrected chi connectivity index (χ3v) is 8.14. The van der Waals surface area contributed by atoms with Crippen LogP contribution < -0.4 is 5.32 Å². The number of alkyl carbamates (subject to hydrolysis) is 1. The second-order valence-electron chi connectivity index (χ2n) is 12.6. The highest BCUT2D eigenvalue weighted by molar-refractivity contribution is 7.18. The number of carbonyl (C=O) groups is 2. The zero-order valence-electron chi connectivity index (χ0n) is 25.3. The molecule has 1 aromatic carbocycles. The highest BCUT2D eigenvalue weighted by atomic mass is 32.1. The average Bonchev–Trinajstić information content (AvgIpc) is 3.54. The van der Waals surface area contributed by atoms with Gasteiger partial charge in [0, 0.05) is 52.9 Å². The number of hydrogen-bond donors (Lipinski definition) is 2. The molecule has 4 heterocycles. The fraction of sp³-hybridized carbons (Fsp3) is 0.406. The van der Waals surface area contributed by atoms with Gasteiger partial charge in [-0.15, -0.1) is 11.3 Å². The maximum Gasteiger partial charge on any atom is 0.407 e. The van der Waals surface area contributed by atoms with Gasteiger partial charge in [0.2, 0.25) is 5.69 Å². The third-order valence-electron chi connectivity index (χ3n) is 6.97. The molecule has 230 valence electrons. The SMILES string of the molecule is [C-]#[N+]c1ccc(-c2cc(C(=O)N3CCC[C@@H](NC(=O)OC(C)(C)C)C3)sc2-c2cnc3nn(CC(C)(C)O)cc3c2)cc1F. The fourth-order valence-corrected chi connectivity index (χ4v) is 6.30. The molecule has 12 heteroatoms. The van der Waals surface area contributed by atoms with Crippen LogP contribution in [0.25, 0.3) is 37.4 Å². The minimum atomic E-state index is -0.960. The normalized spacial score (nSPS) is 15.7. The summed E-state index contributed by atoms with van der Waals surface area (Å²) in [5.74, 6) is -0.834. The van der Waals surface area contributed by atoms with Crippen molar-refractivity contribution < 1.29 is 23.8 Å². The van der Waals surface area contributed by atoms with Crippen molar-refractivity contribution in [1.82, 2.24) is 25.0 Å². The number of likely N-dealkylation sites (tertiary alicyclic amines) is 1. The number of hydrogen-bond acceptors (Lipinski definition) is 7. The third kappa shape index (κ3) is 7.23. The summed E-state index contributed by atoms with van der Waals surface area (Å²) in [6, 6.07) is 7.82. The van der Waals surface area contributed by atoms with Crippen LogP contribution >= 0.6 is 11.3 Å². The van der Waals surface area contributed by atoms with Gasteiger partial charge in [0.1, 0.15) is 11.4 Å². The van der Waals surface area contributed by atoms with Crippen LogP contribution in [0.15, 0.2) is 42.7 Å². The van der Waals surface area contributed by atoms with Gasteiger partial charge in [-0.05, 0) is 71.2 Å². The van der Waals surface area contributed by atoms with E-state index in [1.165, 1.54) is 23.5 Å². The van der Waals surface area contributed by atoms with E-state index < -0.39 is 23.1 Å². The predicted octanol–water partition coefficient (Wildman–Crippen LogP) is 6.42. The first-order valence-corrected chi connectivity index (χ1v) is 15.2. The molecule has 2 N–H and O–H groups in total. The Labute approximate surface area is 259 Å². The predicted molar refractivity (Wildman–Crippen MR) is 167 cm³/mol. The molecule has 0 spiro atoms. The molecule has 1 atom stereocenters. The highest BCUT2D eigenvalue weighted by Gasteiger charge is 2.29. The summed E-state index contributed by atoms with van der Waals surface area (Å²) in [4.78, 5) is 36.8. The van der Waals surface area contributed by atoms with Gasteiger partial charge in [-0.1, -0.05) is 12.1 Å². The summed E-state index contributed by atoms with van der Waals surface area (Å²) >= 11 is 1.28. The lowest BCUT2D eigenvalue weighted by molar-refractivity contribution is 0.0452. The molecule has 1 fully saturated rings. The van der Waals surface area contributed by atoms with E-state index in [0.29, 0.717) is 39.6 Å². The van der Waals surface area contributed by atoms with Gasteiger partial charge in [0.05, 0.1) is 23.6 Å². The van der Waals surface area contributed by atoms with Crippen LogP contribution in [0.5, 0.6) is 0 Å². The molecule has 44 heavy (non-hydrogen) atoms. The van der Waals surface area contributed by atoms with E-state index in [2.05, 4.69) is 20.2 Å². The Morgan fingerprint density at radius 2 is 1.98 bits per heavy atom. The minimum Gasteiger partial charge on any atom is -0.444 e. The van der Waals surface area contributed by atoms with Gasteiger partial charge in [0.25, 0.3) is 5.91 Å². The zero-order chi connectivity index (χ0) is 31.8. The maximum absolute atomic E-state index is 14.7. The molecular formula is C32H35FN6O4S. The Balaban J connectivity index is 1.48. The highest BCUT2D eigenvalue weighted by Crippen LogP contribution is 2.41. The number of fused-ring (bicyclic) bond motifs is 1. The van der Waals surface area contributed by atoms with Crippen LogP contribution in [0.3, 0.4) is 0 Å². The molecule has 0 aliphatic carbocycles. The Bertz CT molecular complexity index is 1760. The molecule has 0 saturated carbocycles. The first kappa shape index (κ1) is 31.1. The van der Waals surface area contributed by atoms with E-state index in [4.69, 9.17) is 11.3 Å². The number of aromatic nitrogens is 3. The lowest BCUT2D eigenvalue weighted by Gasteiger charge is -2.33. The van der Waals surface area contributed by atoms with Crippen molar-refractivity contribution in [3.8, 4) is 21.6 Å². The van der Waals surface area contributed by atoms with Crippen LogP contribution in [0.4, 0.5) is 14.9 Å². The van der Waals surface area contributed by atoms with Gasteiger partial charge in [-0.2, -0.15) is 5.10 Å².